The molecule has 0 radical (unpaired) electrons. The Balaban J connectivity index is 2.13. The molecule has 6 heteroatoms. The Hall–Kier alpha value is -1.82. The summed E-state index contributed by atoms with van der Waals surface area (Å²) in [6.07, 6.45) is 0. The molecular formula is C14H16BrN3O2. The van der Waals surface area contributed by atoms with Crippen LogP contribution in [0.3, 0.4) is 0 Å². The molecule has 0 aliphatic heterocycles. The Morgan fingerprint density at radius 2 is 2.05 bits per heavy atom. The maximum atomic E-state index is 10.7. The van der Waals surface area contributed by atoms with E-state index in [-0.39, 0.29) is 5.69 Å². The summed E-state index contributed by atoms with van der Waals surface area (Å²) in [5.74, 6) is 0. The first-order chi connectivity index (χ1) is 9.40. The number of nitrogens with one attached hydrogen (secondary N) is 1. The van der Waals surface area contributed by atoms with E-state index in [2.05, 4.69) is 45.7 Å². The van der Waals surface area contributed by atoms with Gasteiger partial charge >= 0.3 is 0 Å². The zero-order valence-electron chi connectivity index (χ0n) is 11.6. The molecule has 1 N–H and O–H groups in total. The van der Waals surface area contributed by atoms with Gasteiger partial charge in [0.2, 0.25) is 0 Å². The van der Waals surface area contributed by atoms with Crippen molar-refractivity contribution in [2.45, 2.75) is 20.4 Å². The van der Waals surface area contributed by atoms with Crippen molar-refractivity contribution in [2.24, 2.45) is 7.05 Å². The number of nitro benzene ring substituents is 1. The van der Waals surface area contributed by atoms with Gasteiger partial charge in [-0.2, -0.15) is 0 Å². The van der Waals surface area contributed by atoms with E-state index in [0.717, 1.165) is 5.69 Å². The fourth-order valence-corrected chi connectivity index (χ4v) is 2.60. The third-order valence-corrected chi connectivity index (χ3v) is 4.14. The molecule has 0 spiro atoms. The first-order valence-corrected chi connectivity index (χ1v) is 6.99. The Kier molecular flexibility index (Phi) is 4.13. The van der Waals surface area contributed by atoms with Crippen molar-refractivity contribution >= 4 is 27.3 Å². The molecule has 1 aromatic heterocycles. The molecule has 0 bridgehead atoms. The molecule has 2 rings (SSSR count). The summed E-state index contributed by atoms with van der Waals surface area (Å²) in [4.78, 5) is 10.3. The lowest BCUT2D eigenvalue weighted by Crippen LogP contribution is -2.01. The highest BCUT2D eigenvalue weighted by Gasteiger charge is 2.12. The number of aryl methyl sites for hydroxylation is 1. The molecule has 5 nitrogen and oxygen atoms in total. The first-order valence-electron chi connectivity index (χ1n) is 6.19. The lowest BCUT2D eigenvalue weighted by atomic mass is 10.2. The highest BCUT2D eigenvalue weighted by Crippen LogP contribution is 2.28. The predicted octanol–water partition coefficient (Wildman–Crippen LogP) is 3.92. The van der Waals surface area contributed by atoms with E-state index in [1.807, 2.05) is 7.05 Å². The van der Waals surface area contributed by atoms with Crippen molar-refractivity contribution in [3.05, 3.63) is 55.8 Å². The normalized spacial score (nSPS) is 10.6. The smallest absolute Gasteiger partial charge is 0.283 e. The summed E-state index contributed by atoms with van der Waals surface area (Å²) in [5, 5.41) is 14.0. The number of aromatic nitrogens is 1. The van der Waals surface area contributed by atoms with Gasteiger partial charge in [0, 0.05) is 36.7 Å². The quantitative estimate of drug-likeness (QED) is 0.679. The minimum Gasteiger partial charge on any atom is -0.381 e. The Morgan fingerprint density at radius 3 is 2.55 bits per heavy atom. The largest absolute Gasteiger partial charge is 0.381 e. The molecule has 0 saturated heterocycles. The zero-order valence-corrected chi connectivity index (χ0v) is 13.2. The molecule has 106 valence electrons. The number of benzene rings is 1. The molecule has 0 aliphatic rings. The Morgan fingerprint density at radius 1 is 1.35 bits per heavy atom. The molecule has 1 heterocycles. The van der Waals surface area contributed by atoms with Crippen LogP contribution in [0.5, 0.6) is 0 Å². The van der Waals surface area contributed by atoms with Gasteiger partial charge in [0.05, 0.1) is 9.40 Å². The van der Waals surface area contributed by atoms with Crippen molar-refractivity contribution in [3.8, 4) is 0 Å². The van der Waals surface area contributed by atoms with Crippen LogP contribution in [0.1, 0.15) is 17.0 Å². The van der Waals surface area contributed by atoms with Gasteiger partial charge in [0.1, 0.15) is 0 Å². The Labute approximate surface area is 125 Å². The third kappa shape index (κ3) is 2.85. The number of halogens is 1. The zero-order chi connectivity index (χ0) is 14.9. The van der Waals surface area contributed by atoms with E-state index in [0.29, 0.717) is 11.0 Å². The minimum atomic E-state index is -0.404. The summed E-state index contributed by atoms with van der Waals surface area (Å²) in [5.41, 5.74) is 4.57. The minimum absolute atomic E-state index is 0.0716. The van der Waals surface area contributed by atoms with Crippen LogP contribution in [0, 0.1) is 24.0 Å². The SMILES string of the molecule is Cc1cc(CNc2ccc([N+](=O)[O-])c(Br)c2)c(C)n1C. The van der Waals surface area contributed by atoms with Crippen LogP contribution in [0.25, 0.3) is 0 Å². The number of hydrogen-bond acceptors (Lipinski definition) is 3. The fraction of sp³-hybridized carbons (Fsp3) is 0.286. The van der Waals surface area contributed by atoms with Crippen molar-refractivity contribution in [1.82, 2.24) is 4.57 Å². The predicted molar refractivity (Wildman–Crippen MR) is 83.0 cm³/mol. The number of nitro groups is 1. The molecule has 2 aromatic rings. The van der Waals surface area contributed by atoms with Crippen LogP contribution >= 0.6 is 15.9 Å². The molecule has 0 aliphatic carbocycles. The van der Waals surface area contributed by atoms with Crippen LogP contribution in [-0.2, 0) is 13.6 Å². The van der Waals surface area contributed by atoms with E-state index in [4.69, 9.17) is 0 Å². The van der Waals surface area contributed by atoms with Gasteiger partial charge in [-0.15, -0.1) is 0 Å². The fourth-order valence-electron chi connectivity index (χ4n) is 2.07. The van der Waals surface area contributed by atoms with Crippen molar-refractivity contribution in [3.63, 3.8) is 0 Å². The summed E-state index contributed by atoms with van der Waals surface area (Å²) < 4.78 is 2.62. The monoisotopic (exact) mass is 337 g/mol. The molecule has 0 saturated carbocycles. The van der Waals surface area contributed by atoms with E-state index in [1.165, 1.54) is 23.0 Å². The van der Waals surface area contributed by atoms with Gasteiger partial charge < -0.3 is 9.88 Å². The highest BCUT2D eigenvalue weighted by atomic mass is 79.9. The summed E-state index contributed by atoms with van der Waals surface area (Å²) in [6, 6.07) is 7.08. The number of hydrogen-bond donors (Lipinski definition) is 1. The van der Waals surface area contributed by atoms with E-state index in [1.54, 1.807) is 12.1 Å². The third-order valence-electron chi connectivity index (χ3n) is 3.51. The van der Waals surface area contributed by atoms with Gasteiger partial charge in [-0.25, -0.2) is 0 Å². The highest BCUT2D eigenvalue weighted by molar-refractivity contribution is 9.10. The average molecular weight is 338 g/mol. The molecular weight excluding hydrogens is 322 g/mol. The lowest BCUT2D eigenvalue weighted by molar-refractivity contribution is -0.385. The summed E-state index contributed by atoms with van der Waals surface area (Å²) >= 11 is 3.22. The Bertz CT molecular complexity index is 665. The maximum Gasteiger partial charge on any atom is 0.283 e. The molecule has 0 amide bonds. The van der Waals surface area contributed by atoms with E-state index >= 15 is 0 Å². The summed E-state index contributed by atoms with van der Waals surface area (Å²) in [6.45, 7) is 4.84. The topological polar surface area (TPSA) is 60.1 Å². The van der Waals surface area contributed by atoms with Crippen molar-refractivity contribution in [2.75, 3.05) is 5.32 Å². The van der Waals surface area contributed by atoms with Crippen LogP contribution in [-0.4, -0.2) is 9.49 Å². The second kappa shape index (κ2) is 5.66. The first kappa shape index (κ1) is 14.6. The molecule has 0 atom stereocenters. The van der Waals surface area contributed by atoms with E-state index < -0.39 is 4.92 Å². The summed E-state index contributed by atoms with van der Waals surface area (Å²) in [7, 11) is 2.04. The molecule has 1 aromatic carbocycles. The van der Waals surface area contributed by atoms with Crippen molar-refractivity contribution < 1.29 is 4.92 Å². The molecule has 0 unspecified atom stereocenters. The number of nitrogens with zero attached hydrogens (tertiary/aromatic N) is 2. The van der Waals surface area contributed by atoms with Crippen LogP contribution in [0.2, 0.25) is 0 Å². The standard InChI is InChI=1S/C14H16BrN3O2/c1-9-6-11(10(2)17(9)3)8-16-12-4-5-14(18(19)20)13(15)7-12/h4-7,16H,8H2,1-3H3. The number of anilines is 1. The maximum absolute atomic E-state index is 10.7. The van der Waals surface area contributed by atoms with Crippen LogP contribution in [0.15, 0.2) is 28.7 Å². The van der Waals surface area contributed by atoms with Gasteiger partial charge in [-0.3, -0.25) is 10.1 Å². The van der Waals surface area contributed by atoms with Gasteiger partial charge in [-0.1, -0.05) is 0 Å². The van der Waals surface area contributed by atoms with Gasteiger partial charge in [-0.05, 0) is 53.5 Å². The molecule has 0 fully saturated rings. The van der Waals surface area contributed by atoms with Gasteiger partial charge in [0.15, 0.2) is 0 Å². The van der Waals surface area contributed by atoms with Crippen LogP contribution in [0.4, 0.5) is 11.4 Å². The van der Waals surface area contributed by atoms with Gasteiger partial charge in [0.25, 0.3) is 5.69 Å². The van der Waals surface area contributed by atoms with Crippen LogP contribution < -0.4 is 5.32 Å². The average Bonchev–Trinajstić information content (AvgIpc) is 2.63. The molecule has 20 heavy (non-hydrogen) atoms. The number of rotatable bonds is 4. The van der Waals surface area contributed by atoms with Crippen molar-refractivity contribution in [1.29, 1.82) is 0 Å². The second-order valence-corrected chi connectivity index (χ2v) is 5.59. The van der Waals surface area contributed by atoms with E-state index in [9.17, 15) is 10.1 Å². The lowest BCUT2D eigenvalue weighted by Gasteiger charge is -2.07. The second-order valence-electron chi connectivity index (χ2n) is 4.73.